The van der Waals surface area contributed by atoms with Crippen molar-refractivity contribution in [2.24, 2.45) is 0 Å². The van der Waals surface area contributed by atoms with Crippen LogP contribution >= 0.6 is 11.6 Å². The summed E-state index contributed by atoms with van der Waals surface area (Å²) in [5.41, 5.74) is 0.983. The van der Waals surface area contributed by atoms with Crippen molar-refractivity contribution in [3.63, 3.8) is 0 Å². The van der Waals surface area contributed by atoms with Gasteiger partial charge in [-0.1, -0.05) is 18.5 Å². The van der Waals surface area contributed by atoms with Gasteiger partial charge in [0.05, 0.1) is 18.7 Å². The van der Waals surface area contributed by atoms with Crippen LogP contribution in [0, 0.1) is 0 Å². The molecular weight excluding hydrogens is 282 g/mol. The largest absolute Gasteiger partial charge is 0.468 e. The second-order valence-electron chi connectivity index (χ2n) is 4.60. The van der Waals surface area contributed by atoms with E-state index >= 15 is 0 Å². The van der Waals surface area contributed by atoms with E-state index in [0.29, 0.717) is 23.1 Å². The molecule has 1 heterocycles. The lowest BCUT2D eigenvalue weighted by atomic mass is 10.2. The number of benzene rings is 1. The molecule has 0 unspecified atom stereocenters. The summed E-state index contributed by atoms with van der Waals surface area (Å²) in [5.74, 6) is 0.998. The van der Waals surface area contributed by atoms with Crippen LogP contribution in [0.1, 0.15) is 18.9 Å². The number of fused-ring (bicyclic) bond motifs is 1. The van der Waals surface area contributed by atoms with E-state index in [1.807, 2.05) is 17.0 Å². The summed E-state index contributed by atoms with van der Waals surface area (Å²) >= 11 is 6.15. The van der Waals surface area contributed by atoms with Crippen LogP contribution < -0.4 is 9.47 Å². The second-order valence-corrected chi connectivity index (χ2v) is 5.01. The molecular formula is C14H18ClNO4. The molecule has 2 rings (SSSR count). The van der Waals surface area contributed by atoms with E-state index in [9.17, 15) is 4.79 Å². The van der Waals surface area contributed by atoms with E-state index < -0.39 is 0 Å². The van der Waals surface area contributed by atoms with Gasteiger partial charge in [-0.3, -0.25) is 9.69 Å². The molecule has 0 bridgehead atoms. The van der Waals surface area contributed by atoms with Crippen molar-refractivity contribution in [1.82, 2.24) is 4.90 Å². The molecule has 0 saturated heterocycles. The van der Waals surface area contributed by atoms with E-state index in [-0.39, 0.29) is 19.3 Å². The molecule has 1 aliphatic rings. The number of carbonyl (C=O) groups is 1. The Bertz CT molecular complexity index is 492. The van der Waals surface area contributed by atoms with E-state index in [2.05, 4.69) is 6.92 Å². The summed E-state index contributed by atoms with van der Waals surface area (Å²) in [6, 6.07) is 3.74. The molecule has 1 aromatic carbocycles. The van der Waals surface area contributed by atoms with Crippen LogP contribution in [-0.2, 0) is 16.1 Å². The van der Waals surface area contributed by atoms with E-state index in [1.165, 1.54) is 7.11 Å². The van der Waals surface area contributed by atoms with Crippen molar-refractivity contribution in [1.29, 1.82) is 0 Å². The number of hydrogen-bond acceptors (Lipinski definition) is 5. The minimum absolute atomic E-state index is 0.194. The molecule has 1 aliphatic heterocycles. The fourth-order valence-electron chi connectivity index (χ4n) is 2.15. The summed E-state index contributed by atoms with van der Waals surface area (Å²) in [6.45, 7) is 3.94. The van der Waals surface area contributed by atoms with Gasteiger partial charge in [-0.15, -0.1) is 0 Å². The molecule has 0 aromatic heterocycles. The quantitative estimate of drug-likeness (QED) is 0.755. The van der Waals surface area contributed by atoms with Gasteiger partial charge in [0.25, 0.3) is 0 Å². The van der Waals surface area contributed by atoms with Gasteiger partial charge < -0.3 is 14.2 Å². The Balaban J connectivity index is 2.10. The van der Waals surface area contributed by atoms with Gasteiger partial charge in [-0.25, -0.2) is 0 Å². The zero-order valence-electron chi connectivity index (χ0n) is 11.6. The Morgan fingerprint density at radius 2 is 2.25 bits per heavy atom. The summed E-state index contributed by atoms with van der Waals surface area (Å²) in [4.78, 5) is 13.4. The van der Waals surface area contributed by atoms with Crippen molar-refractivity contribution in [2.75, 3.05) is 27.0 Å². The van der Waals surface area contributed by atoms with Crippen LogP contribution in [-0.4, -0.2) is 37.9 Å². The lowest BCUT2D eigenvalue weighted by Crippen LogP contribution is -2.30. The molecule has 6 heteroatoms. The first-order valence-corrected chi connectivity index (χ1v) is 6.89. The second kappa shape index (κ2) is 6.81. The Morgan fingerprint density at radius 1 is 1.45 bits per heavy atom. The molecule has 0 radical (unpaired) electrons. The third kappa shape index (κ3) is 3.55. The van der Waals surface area contributed by atoms with Crippen molar-refractivity contribution in [2.45, 2.75) is 19.9 Å². The lowest BCUT2D eigenvalue weighted by Gasteiger charge is -2.20. The standard InChI is InChI=1S/C14H18ClNO4/c1-3-4-16(8-13(17)18-2)7-10-5-11(15)14-12(6-10)19-9-20-14/h5-6H,3-4,7-9H2,1-2H3. The SMILES string of the molecule is CCCN(CC(=O)OC)Cc1cc(Cl)c2c(c1)OCO2. The summed E-state index contributed by atoms with van der Waals surface area (Å²) < 4.78 is 15.3. The predicted molar refractivity (Wildman–Crippen MR) is 75.2 cm³/mol. The fraction of sp³-hybridized carbons (Fsp3) is 0.500. The van der Waals surface area contributed by atoms with Crippen LogP contribution in [0.5, 0.6) is 11.5 Å². The minimum atomic E-state index is -0.245. The zero-order valence-corrected chi connectivity index (χ0v) is 12.4. The van der Waals surface area contributed by atoms with Crippen LogP contribution in [0.2, 0.25) is 5.02 Å². The third-order valence-electron chi connectivity index (χ3n) is 3.01. The molecule has 110 valence electrons. The first kappa shape index (κ1) is 14.9. The fourth-order valence-corrected chi connectivity index (χ4v) is 2.44. The highest BCUT2D eigenvalue weighted by atomic mass is 35.5. The van der Waals surface area contributed by atoms with E-state index in [4.69, 9.17) is 25.8 Å². The Kier molecular flexibility index (Phi) is 5.09. The highest BCUT2D eigenvalue weighted by Crippen LogP contribution is 2.40. The highest BCUT2D eigenvalue weighted by molar-refractivity contribution is 6.32. The number of methoxy groups -OCH3 is 1. The number of halogens is 1. The number of esters is 1. The maximum absolute atomic E-state index is 11.4. The van der Waals surface area contributed by atoms with Gasteiger partial charge in [0.2, 0.25) is 6.79 Å². The van der Waals surface area contributed by atoms with Crippen LogP contribution in [0.3, 0.4) is 0 Å². The van der Waals surface area contributed by atoms with Gasteiger partial charge in [0, 0.05) is 6.54 Å². The summed E-state index contributed by atoms with van der Waals surface area (Å²) in [7, 11) is 1.39. The lowest BCUT2D eigenvalue weighted by molar-refractivity contribution is -0.142. The molecule has 0 atom stereocenters. The molecule has 1 aromatic rings. The van der Waals surface area contributed by atoms with Gasteiger partial charge in [0.15, 0.2) is 11.5 Å². The Morgan fingerprint density at radius 3 is 2.95 bits per heavy atom. The van der Waals surface area contributed by atoms with E-state index in [0.717, 1.165) is 18.5 Å². The summed E-state index contributed by atoms with van der Waals surface area (Å²) in [5, 5.41) is 0.532. The topological polar surface area (TPSA) is 48.0 Å². The van der Waals surface area contributed by atoms with Gasteiger partial charge in [-0.2, -0.15) is 0 Å². The molecule has 0 saturated carbocycles. The monoisotopic (exact) mass is 299 g/mol. The first-order valence-electron chi connectivity index (χ1n) is 6.51. The smallest absolute Gasteiger partial charge is 0.319 e. The number of hydrogen-bond donors (Lipinski definition) is 0. The number of nitrogens with zero attached hydrogens (tertiary/aromatic N) is 1. The molecule has 0 fully saturated rings. The summed E-state index contributed by atoms with van der Waals surface area (Å²) in [6.07, 6.45) is 0.954. The van der Waals surface area contributed by atoms with Crippen molar-refractivity contribution in [3.05, 3.63) is 22.7 Å². The molecule has 0 N–H and O–H groups in total. The molecule has 20 heavy (non-hydrogen) atoms. The Labute approximate surface area is 123 Å². The third-order valence-corrected chi connectivity index (χ3v) is 3.29. The van der Waals surface area contributed by atoms with Gasteiger partial charge >= 0.3 is 5.97 Å². The molecule has 0 aliphatic carbocycles. The van der Waals surface area contributed by atoms with Crippen LogP contribution in [0.4, 0.5) is 0 Å². The molecule has 5 nitrogen and oxygen atoms in total. The van der Waals surface area contributed by atoms with Crippen molar-refractivity contribution in [3.8, 4) is 11.5 Å². The van der Waals surface area contributed by atoms with Crippen LogP contribution in [0.15, 0.2) is 12.1 Å². The van der Waals surface area contributed by atoms with Crippen LogP contribution in [0.25, 0.3) is 0 Å². The normalized spacial score (nSPS) is 12.8. The predicted octanol–water partition coefficient (Wildman–Crippen LogP) is 2.45. The van der Waals surface area contributed by atoms with E-state index in [1.54, 1.807) is 0 Å². The van der Waals surface area contributed by atoms with Crippen molar-refractivity contribution < 1.29 is 19.0 Å². The zero-order chi connectivity index (χ0) is 14.5. The molecule has 0 spiro atoms. The highest BCUT2D eigenvalue weighted by Gasteiger charge is 2.19. The average Bonchev–Trinajstić information content (AvgIpc) is 2.87. The Hall–Kier alpha value is -1.46. The first-order chi connectivity index (χ1) is 9.63. The number of ether oxygens (including phenoxy) is 3. The maximum atomic E-state index is 11.4. The number of rotatable bonds is 6. The number of carbonyl (C=O) groups excluding carboxylic acids is 1. The average molecular weight is 300 g/mol. The maximum Gasteiger partial charge on any atom is 0.319 e. The van der Waals surface area contributed by atoms with Gasteiger partial charge in [0.1, 0.15) is 0 Å². The molecule has 0 amide bonds. The minimum Gasteiger partial charge on any atom is -0.468 e. The van der Waals surface area contributed by atoms with Crippen molar-refractivity contribution >= 4 is 17.6 Å². The van der Waals surface area contributed by atoms with Gasteiger partial charge in [-0.05, 0) is 30.7 Å².